The molecule has 1 aromatic rings. The van der Waals surface area contributed by atoms with Crippen molar-refractivity contribution in [1.29, 1.82) is 0 Å². The summed E-state index contributed by atoms with van der Waals surface area (Å²) >= 11 is 1.63. The van der Waals surface area contributed by atoms with Crippen LogP contribution in [0.5, 0.6) is 0 Å². The minimum absolute atomic E-state index is 0.0978. The molecule has 0 fully saturated rings. The zero-order valence-electron chi connectivity index (χ0n) is 11.6. The van der Waals surface area contributed by atoms with Crippen LogP contribution < -0.4 is 0 Å². The summed E-state index contributed by atoms with van der Waals surface area (Å²) in [7, 11) is 5.45. The van der Waals surface area contributed by atoms with E-state index in [0.29, 0.717) is 13.0 Å². The minimum atomic E-state index is 0.0978. The predicted molar refractivity (Wildman–Crippen MR) is 77.9 cm³/mol. The standard InChI is InChI=1S/C14H20N2O2S/c1-15(2)14(18)11-16(3)10-13-8-7-12(19-13)6-4-5-9-17/h7-8,17H,5,9-11H2,1-3H3. The summed E-state index contributed by atoms with van der Waals surface area (Å²) in [6.07, 6.45) is 0.504. The summed E-state index contributed by atoms with van der Waals surface area (Å²) in [6, 6.07) is 4.01. The minimum Gasteiger partial charge on any atom is -0.395 e. The highest BCUT2D eigenvalue weighted by Crippen LogP contribution is 2.16. The van der Waals surface area contributed by atoms with E-state index in [1.807, 2.05) is 24.1 Å². The number of carbonyl (C=O) groups is 1. The molecule has 0 bridgehead atoms. The van der Waals surface area contributed by atoms with Crippen molar-refractivity contribution in [2.75, 3.05) is 34.3 Å². The number of hydrogen-bond acceptors (Lipinski definition) is 4. The topological polar surface area (TPSA) is 43.8 Å². The summed E-state index contributed by atoms with van der Waals surface area (Å²) in [5.74, 6) is 6.01. The molecule has 0 atom stereocenters. The van der Waals surface area contributed by atoms with Gasteiger partial charge in [-0.25, -0.2) is 0 Å². The number of thiophene rings is 1. The molecule has 0 aliphatic rings. The van der Waals surface area contributed by atoms with Crippen LogP contribution in [-0.2, 0) is 11.3 Å². The smallest absolute Gasteiger partial charge is 0.236 e. The zero-order chi connectivity index (χ0) is 14.3. The lowest BCUT2D eigenvalue weighted by atomic mass is 10.3. The molecule has 0 unspecified atom stereocenters. The molecule has 1 amide bonds. The Hall–Kier alpha value is -1.35. The first kappa shape index (κ1) is 15.7. The Bertz CT molecular complexity index is 471. The van der Waals surface area contributed by atoms with Crippen LogP contribution in [0.3, 0.4) is 0 Å². The van der Waals surface area contributed by atoms with Gasteiger partial charge in [0.1, 0.15) is 0 Å². The molecule has 0 saturated heterocycles. The molecule has 0 radical (unpaired) electrons. The van der Waals surface area contributed by atoms with E-state index in [0.717, 1.165) is 11.4 Å². The Kier molecular flexibility index (Phi) is 6.57. The lowest BCUT2D eigenvalue weighted by Crippen LogP contribution is -2.33. The fourth-order valence-electron chi connectivity index (χ4n) is 1.43. The van der Waals surface area contributed by atoms with Gasteiger partial charge in [-0.2, -0.15) is 0 Å². The van der Waals surface area contributed by atoms with Gasteiger partial charge in [-0.1, -0.05) is 11.8 Å². The third kappa shape index (κ3) is 5.88. The van der Waals surface area contributed by atoms with Crippen LogP contribution in [0.4, 0.5) is 0 Å². The maximum Gasteiger partial charge on any atom is 0.236 e. The van der Waals surface area contributed by atoms with Gasteiger partial charge >= 0.3 is 0 Å². The zero-order valence-corrected chi connectivity index (χ0v) is 12.5. The van der Waals surface area contributed by atoms with Crippen molar-refractivity contribution >= 4 is 17.2 Å². The highest BCUT2D eigenvalue weighted by molar-refractivity contribution is 7.12. The molecule has 0 saturated carbocycles. The van der Waals surface area contributed by atoms with Crippen LogP contribution >= 0.6 is 11.3 Å². The Labute approximate surface area is 118 Å². The summed E-state index contributed by atoms with van der Waals surface area (Å²) in [6.45, 7) is 1.25. The van der Waals surface area contributed by atoms with E-state index in [2.05, 4.69) is 11.8 Å². The molecule has 19 heavy (non-hydrogen) atoms. The Morgan fingerprint density at radius 1 is 1.37 bits per heavy atom. The lowest BCUT2D eigenvalue weighted by molar-refractivity contribution is -0.129. The number of aliphatic hydroxyl groups excluding tert-OH is 1. The first-order valence-electron chi connectivity index (χ1n) is 6.10. The quantitative estimate of drug-likeness (QED) is 0.819. The van der Waals surface area contributed by atoms with Crippen molar-refractivity contribution in [3.05, 3.63) is 21.9 Å². The first-order chi connectivity index (χ1) is 9.02. The molecular weight excluding hydrogens is 260 g/mol. The number of carbonyl (C=O) groups excluding carboxylic acids is 1. The van der Waals surface area contributed by atoms with Gasteiger partial charge in [0.15, 0.2) is 0 Å². The van der Waals surface area contributed by atoms with Gasteiger partial charge < -0.3 is 10.0 Å². The van der Waals surface area contributed by atoms with Crippen LogP contribution in [-0.4, -0.2) is 55.1 Å². The van der Waals surface area contributed by atoms with E-state index in [1.165, 1.54) is 4.88 Å². The molecule has 0 aliphatic heterocycles. The van der Waals surface area contributed by atoms with Gasteiger partial charge in [-0.15, -0.1) is 11.3 Å². The van der Waals surface area contributed by atoms with Gasteiger partial charge in [0, 0.05) is 31.9 Å². The normalized spacial score (nSPS) is 10.2. The fraction of sp³-hybridized carbons (Fsp3) is 0.500. The van der Waals surface area contributed by atoms with E-state index in [1.54, 1.807) is 30.3 Å². The number of nitrogens with zero attached hydrogens (tertiary/aromatic N) is 2. The molecule has 1 aromatic heterocycles. The molecular formula is C14H20N2O2S. The molecule has 0 aliphatic carbocycles. The number of likely N-dealkylation sites (N-methyl/N-ethyl adjacent to an activating group) is 2. The Morgan fingerprint density at radius 2 is 2.11 bits per heavy atom. The Morgan fingerprint density at radius 3 is 2.74 bits per heavy atom. The second kappa shape index (κ2) is 7.95. The van der Waals surface area contributed by atoms with Gasteiger partial charge in [0.25, 0.3) is 0 Å². The molecule has 4 nitrogen and oxygen atoms in total. The van der Waals surface area contributed by atoms with Crippen LogP contribution in [0.1, 0.15) is 16.2 Å². The van der Waals surface area contributed by atoms with Crippen LogP contribution in [0.15, 0.2) is 12.1 Å². The third-order valence-electron chi connectivity index (χ3n) is 2.44. The van der Waals surface area contributed by atoms with Gasteiger partial charge in [0.2, 0.25) is 5.91 Å². The average Bonchev–Trinajstić information content (AvgIpc) is 2.76. The maximum absolute atomic E-state index is 11.6. The first-order valence-corrected chi connectivity index (χ1v) is 6.91. The largest absolute Gasteiger partial charge is 0.395 e. The second-order valence-electron chi connectivity index (χ2n) is 4.50. The highest BCUT2D eigenvalue weighted by atomic mass is 32.1. The Balaban J connectivity index is 2.50. The number of rotatable bonds is 5. The van der Waals surface area contributed by atoms with Crippen molar-refractivity contribution in [3.63, 3.8) is 0 Å². The van der Waals surface area contributed by atoms with E-state index in [-0.39, 0.29) is 12.5 Å². The number of amides is 1. The number of hydrogen-bond donors (Lipinski definition) is 1. The van der Waals surface area contributed by atoms with Crippen molar-refractivity contribution < 1.29 is 9.90 Å². The summed E-state index contributed by atoms with van der Waals surface area (Å²) < 4.78 is 0. The van der Waals surface area contributed by atoms with E-state index in [4.69, 9.17) is 5.11 Å². The predicted octanol–water partition coefficient (Wildman–Crippen LogP) is 1.00. The van der Waals surface area contributed by atoms with Crippen LogP contribution in [0.25, 0.3) is 0 Å². The van der Waals surface area contributed by atoms with Gasteiger partial charge in [-0.05, 0) is 19.2 Å². The van der Waals surface area contributed by atoms with E-state index in [9.17, 15) is 4.79 Å². The molecule has 104 valence electrons. The summed E-state index contributed by atoms with van der Waals surface area (Å²) in [4.78, 5) is 17.3. The highest BCUT2D eigenvalue weighted by Gasteiger charge is 2.09. The molecule has 1 N–H and O–H groups in total. The van der Waals surface area contributed by atoms with Crippen molar-refractivity contribution in [1.82, 2.24) is 9.80 Å². The van der Waals surface area contributed by atoms with E-state index >= 15 is 0 Å². The average molecular weight is 280 g/mol. The van der Waals surface area contributed by atoms with Crippen LogP contribution in [0, 0.1) is 11.8 Å². The molecule has 1 heterocycles. The fourth-order valence-corrected chi connectivity index (χ4v) is 2.39. The molecule has 0 spiro atoms. The lowest BCUT2D eigenvalue weighted by Gasteiger charge is -2.17. The number of aliphatic hydroxyl groups is 1. The third-order valence-corrected chi connectivity index (χ3v) is 3.43. The molecule has 5 heteroatoms. The van der Waals surface area contributed by atoms with Crippen molar-refractivity contribution in [3.8, 4) is 11.8 Å². The SMILES string of the molecule is CN(CC(=O)N(C)C)Cc1ccc(C#CCCO)s1. The molecule has 0 aromatic carbocycles. The van der Waals surface area contributed by atoms with Crippen LogP contribution in [0.2, 0.25) is 0 Å². The van der Waals surface area contributed by atoms with E-state index < -0.39 is 0 Å². The summed E-state index contributed by atoms with van der Waals surface area (Å²) in [5, 5.41) is 8.66. The van der Waals surface area contributed by atoms with Crippen molar-refractivity contribution in [2.45, 2.75) is 13.0 Å². The van der Waals surface area contributed by atoms with Crippen molar-refractivity contribution in [2.24, 2.45) is 0 Å². The summed E-state index contributed by atoms with van der Waals surface area (Å²) in [5.41, 5.74) is 0. The monoisotopic (exact) mass is 280 g/mol. The van der Waals surface area contributed by atoms with Gasteiger partial charge in [-0.3, -0.25) is 9.69 Å². The molecule has 1 rings (SSSR count). The van der Waals surface area contributed by atoms with Gasteiger partial charge in [0.05, 0.1) is 18.0 Å². The second-order valence-corrected chi connectivity index (χ2v) is 5.67. The maximum atomic E-state index is 11.6.